The van der Waals surface area contributed by atoms with E-state index in [1.807, 2.05) is 50.4 Å². The van der Waals surface area contributed by atoms with E-state index >= 15 is 0 Å². The van der Waals surface area contributed by atoms with Gasteiger partial charge in [-0.15, -0.1) is 0 Å². The molecule has 0 saturated carbocycles. The highest BCUT2D eigenvalue weighted by Gasteiger charge is 2.14. The molecule has 23 heavy (non-hydrogen) atoms. The van der Waals surface area contributed by atoms with Crippen LogP contribution in [0.2, 0.25) is 0 Å². The lowest BCUT2D eigenvalue weighted by atomic mass is 10.1. The summed E-state index contributed by atoms with van der Waals surface area (Å²) in [6.07, 6.45) is 0.770. The molecule has 0 aliphatic rings. The van der Waals surface area contributed by atoms with E-state index in [0.29, 0.717) is 5.56 Å². The maximum Gasteiger partial charge on any atom is 0.254 e. The van der Waals surface area contributed by atoms with E-state index < -0.39 is 0 Å². The Hall–Kier alpha value is -1.98. The molecule has 1 heterocycles. The van der Waals surface area contributed by atoms with Crippen LogP contribution in [-0.4, -0.2) is 24.1 Å². The molecule has 0 saturated heterocycles. The van der Waals surface area contributed by atoms with Crippen LogP contribution in [0.3, 0.4) is 0 Å². The second-order valence-electron chi connectivity index (χ2n) is 5.43. The molecule has 4 nitrogen and oxygen atoms in total. The number of carbonyl (C=O) groups excluding carboxylic acids is 1. The topological polar surface area (TPSA) is 54.0 Å². The predicted molar refractivity (Wildman–Crippen MR) is 97.6 cm³/mol. The van der Waals surface area contributed by atoms with Crippen molar-refractivity contribution in [2.45, 2.75) is 19.5 Å². The molecule has 3 aromatic rings. The first-order valence-electron chi connectivity index (χ1n) is 7.59. The number of carbonyl (C=O) groups is 1. The van der Waals surface area contributed by atoms with Crippen molar-refractivity contribution in [3.63, 3.8) is 0 Å². The first-order valence-corrected chi connectivity index (χ1v) is 8.39. The van der Waals surface area contributed by atoms with Gasteiger partial charge in [-0.2, -0.15) is 0 Å². The predicted octanol–water partition coefficient (Wildman–Crippen LogP) is 3.84. The summed E-state index contributed by atoms with van der Waals surface area (Å²) in [7, 11) is 1.83. The molecule has 2 aromatic carbocycles. The van der Waals surface area contributed by atoms with Crippen LogP contribution in [-0.2, 0) is 0 Å². The van der Waals surface area contributed by atoms with Gasteiger partial charge in [-0.25, -0.2) is 4.98 Å². The molecule has 1 unspecified atom stereocenters. The second-order valence-corrected chi connectivity index (χ2v) is 6.34. The molecule has 0 fully saturated rings. The number of nitrogens with one attached hydrogen (secondary N) is 2. The summed E-state index contributed by atoms with van der Waals surface area (Å²) < 4.78 is 1.01. The first-order chi connectivity index (χ1) is 11.1. The lowest BCUT2D eigenvalue weighted by molar-refractivity contribution is 0.0931. The van der Waals surface area contributed by atoms with Crippen LogP contribution in [0.5, 0.6) is 0 Å². The highest BCUT2D eigenvalue weighted by molar-refractivity contribution is 9.10. The van der Waals surface area contributed by atoms with Crippen LogP contribution in [0.4, 0.5) is 0 Å². The Bertz CT molecular complexity index is 875. The number of hydrogen-bond acceptors (Lipinski definition) is 3. The van der Waals surface area contributed by atoms with E-state index in [1.165, 1.54) is 0 Å². The molecule has 1 amide bonds. The van der Waals surface area contributed by atoms with Crippen LogP contribution in [0.15, 0.2) is 46.9 Å². The van der Waals surface area contributed by atoms with Crippen molar-refractivity contribution in [1.29, 1.82) is 0 Å². The molecule has 0 radical (unpaired) electrons. The molecule has 3 rings (SSSR count). The van der Waals surface area contributed by atoms with Crippen LogP contribution < -0.4 is 10.6 Å². The molecule has 1 aromatic heterocycles. The molecular weight excluding hydrogens is 354 g/mol. The van der Waals surface area contributed by atoms with E-state index in [-0.39, 0.29) is 12.1 Å². The molecule has 0 aliphatic heterocycles. The Labute approximate surface area is 143 Å². The monoisotopic (exact) mass is 371 g/mol. The third-order valence-corrected chi connectivity index (χ3v) is 4.40. The Balaban J connectivity index is 2.10. The zero-order chi connectivity index (χ0) is 16.4. The number of nitrogens with zero attached hydrogens (tertiary/aromatic N) is 1. The Kier molecular flexibility index (Phi) is 4.59. The molecular formula is C18H18BrN3O. The Morgan fingerprint density at radius 2 is 2.04 bits per heavy atom. The number of benzene rings is 2. The number of hydrogen-bond donors (Lipinski definition) is 2. The summed E-state index contributed by atoms with van der Waals surface area (Å²) in [5.41, 5.74) is 2.20. The van der Waals surface area contributed by atoms with E-state index in [4.69, 9.17) is 4.98 Å². The van der Waals surface area contributed by atoms with Crippen molar-refractivity contribution in [3.8, 4) is 0 Å². The first kappa shape index (κ1) is 15.9. The third-order valence-electron chi connectivity index (χ3n) is 3.91. The van der Waals surface area contributed by atoms with E-state index in [0.717, 1.165) is 32.7 Å². The van der Waals surface area contributed by atoms with Gasteiger partial charge in [0.2, 0.25) is 0 Å². The normalized spacial score (nSPS) is 12.5. The average Bonchev–Trinajstić information content (AvgIpc) is 2.57. The third kappa shape index (κ3) is 3.21. The molecule has 0 bridgehead atoms. The minimum Gasteiger partial charge on any atom is -0.337 e. The fraction of sp³-hybridized carbons (Fsp3) is 0.222. The van der Waals surface area contributed by atoms with Gasteiger partial charge in [0.05, 0.1) is 22.8 Å². The van der Waals surface area contributed by atoms with E-state index in [1.54, 1.807) is 0 Å². The van der Waals surface area contributed by atoms with Gasteiger partial charge in [0.15, 0.2) is 0 Å². The van der Waals surface area contributed by atoms with Gasteiger partial charge in [-0.1, -0.05) is 35.0 Å². The summed E-state index contributed by atoms with van der Waals surface area (Å²) in [4.78, 5) is 17.3. The molecule has 0 aliphatic carbocycles. The maximum absolute atomic E-state index is 12.6. The van der Waals surface area contributed by atoms with Crippen LogP contribution in [0, 0.1) is 0 Å². The SMILES string of the molecule is CCC(NC)NC(=O)c1cccc2cc3cc(Br)ccc3nc12. The van der Waals surface area contributed by atoms with Crippen molar-refractivity contribution in [1.82, 2.24) is 15.6 Å². The van der Waals surface area contributed by atoms with Crippen molar-refractivity contribution in [3.05, 3.63) is 52.5 Å². The molecule has 0 spiro atoms. The summed E-state index contributed by atoms with van der Waals surface area (Å²) in [6, 6.07) is 13.7. The van der Waals surface area contributed by atoms with E-state index in [2.05, 4.69) is 32.6 Å². The summed E-state index contributed by atoms with van der Waals surface area (Å²) in [6.45, 7) is 2.02. The zero-order valence-electron chi connectivity index (χ0n) is 13.1. The number of aromatic nitrogens is 1. The minimum absolute atomic E-state index is 0.0471. The summed E-state index contributed by atoms with van der Waals surface area (Å²) in [5.74, 6) is -0.110. The molecule has 5 heteroatoms. The standard InChI is InChI=1S/C18H18BrN3O/c1-3-16(20-2)22-18(23)14-6-4-5-11-9-12-10-13(19)7-8-15(12)21-17(11)14/h4-10,16,20H,3H2,1-2H3,(H,22,23). The summed E-state index contributed by atoms with van der Waals surface area (Å²) >= 11 is 3.48. The molecule has 118 valence electrons. The molecule has 1 atom stereocenters. The van der Waals surface area contributed by atoms with Crippen molar-refractivity contribution in [2.75, 3.05) is 7.05 Å². The van der Waals surface area contributed by atoms with Gasteiger partial charge in [0.25, 0.3) is 5.91 Å². The van der Waals surface area contributed by atoms with Gasteiger partial charge in [0.1, 0.15) is 0 Å². The number of para-hydroxylation sites is 1. The van der Waals surface area contributed by atoms with E-state index in [9.17, 15) is 4.79 Å². The lowest BCUT2D eigenvalue weighted by Crippen LogP contribution is -2.43. The van der Waals surface area contributed by atoms with Gasteiger partial charge in [0, 0.05) is 15.2 Å². The number of pyridine rings is 1. The van der Waals surface area contributed by atoms with Gasteiger partial charge in [-0.3, -0.25) is 4.79 Å². The van der Waals surface area contributed by atoms with Gasteiger partial charge >= 0.3 is 0 Å². The average molecular weight is 372 g/mol. The van der Waals surface area contributed by atoms with Crippen molar-refractivity contribution >= 4 is 43.6 Å². The zero-order valence-corrected chi connectivity index (χ0v) is 14.6. The lowest BCUT2D eigenvalue weighted by Gasteiger charge is -2.16. The fourth-order valence-electron chi connectivity index (χ4n) is 2.63. The molecule has 2 N–H and O–H groups in total. The number of rotatable bonds is 4. The Morgan fingerprint density at radius 3 is 2.78 bits per heavy atom. The second kappa shape index (κ2) is 6.64. The number of amides is 1. The maximum atomic E-state index is 12.6. The van der Waals surface area contributed by atoms with Gasteiger partial charge in [-0.05, 0) is 43.8 Å². The summed E-state index contributed by atoms with van der Waals surface area (Å²) in [5, 5.41) is 8.07. The fourth-order valence-corrected chi connectivity index (χ4v) is 3.01. The van der Waals surface area contributed by atoms with Gasteiger partial charge < -0.3 is 10.6 Å². The largest absolute Gasteiger partial charge is 0.337 e. The van der Waals surface area contributed by atoms with Crippen LogP contribution in [0.25, 0.3) is 21.8 Å². The highest BCUT2D eigenvalue weighted by atomic mass is 79.9. The quantitative estimate of drug-likeness (QED) is 0.541. The van der Waals surface area contributed by atoms with Crippen LogP contribution >= 0.6 is 15.9 Å². The number of halogens is 1. The van der Waals surface area contributed by atoms with Crippen molar-refractivity contribution in [2.24, 2.45) is 0 Å². The van der Waals surface area contributed by atoms with Crippen molar-refractivity contribution < 1.29 is 4.79 Å². The number of fused-ring (bicyclic) bond motifs is 2. The minimum atomic E-state index is -0.110. The highest BCUT2D eigenvalue weighted by Crippen LogP contribution is 2.25. The van der Waals surface area contributed by atoms with Crippen LogP contribution in [0.1, 0.15) is 23.7 Å². The smallest absolute Gasteiger partial charge is 0.254 e. The Morgan fingerprint density at radius 1 is 1.22 bits per heavy atom.